The van der Waals surface area contributed by atoms with Gasteiger partial charge in [-0.25, -0.2) is 4.79 Å². The Bertz CT molecular complexity index is 807. The molecule has 9 nitrogen and oxygen atoms in total. The minimum atomic E-state index is -1.16. The van der Waals surface area contributed by atoms with E-state index in [-0.39, 0.29) is 24.8 Å². The number of unbranched alkanes of at least 4 members (excludes halogenated alkanes) is 2. The summed E-state index contributed by atoms with van der Waals surface area (Å²) in [5.41, 5.74) is -2.02. The maximum absolute atomic E-state index is 13.1. The summed E-state index contributed by atoms with van der Waals surface area (Å²) in [5.74, 6) is -2.43. The van der Waals surface area contributed by atoms with E-state index >= 15 is 0 Å². The molecule has 0 saturated carbocycles. The zero-order chi connectivity index (χ0) is 18.4. The number of nitrogens with zero attached hydrogens (tertiary/aromatic N) is 2. The molecule has 2 rings (SSSR count). The van der Waals surface area contributed by atoms with Crippen LogP contribution < -0.4 is 11.2 Å². The van der Waals surface area contributed by atoms with E-state index in [0.717, 1.165) is 9.47 Å². The smallest absolute Gasteiger partial charge is 0.331 e. The summed E-state index contributed by atoms with van der Waals surface area (Å²) in [6.07, 6.45) is 4.77. The number of rotatable bonds is 8. The van der Waals surface area contributed by atoms with Crippen molar-refractivity contribution < 1.29 is 23.5 Å². The van der Waals surface area contributed by atoms with Gasteiger partial charge in [0.1, 0.15) is 0 Å². The third kappa shape index (κ3) is 4.96. The number of hydrogen-bond donors (Lipinski definition) is 1. The Labute approximate surface area is 140 Å². The normalized spacial score (nSPS) is 13.6. The Morgan fingerprint density at radius 1 is 1.08 bits per heavy atom. The summed E-state index contributed by atoms with van der Waals surface area (Å²) >= 11 is 0. The maximum atomic E-state index is 13.1. The van der Waals surface area contributed by atoms with Gasteiger partial charge in [-0.1, -0.05) is 6.42 Å². The van der Waals surface area contributed by atoms with Crippen molar-refractivity contribution in [2.75, 3.05) is 6.54 Å². The van der Waals surface area contributed by atoms with Gasteiger partial charge in [-0.3, -0.25) is 33.6 Å². The third-order valence-electron chi connectivity index (χ3n) is 3.50. The van der Waals surface area contributed by atoms with Crippen molar-refractivity contribution in [3.8, 4) is 0 Å². The molecule has 0 saturated heterocycles. The SMILES string of the molecule is O=C(CCCCCN1C(=O)C=CC1=O)OCn1cc(F)c(=O)[nH]c1=O. The van der Waals surface area contributed by atoms with Crippen LogP contribution in [0, 0.1) is 5.82 Å². The molecule has 0 fully saturated rings. The van der Waals surface area contributed by atoms with Crippen LogP contribution in [-0.4, -0.2) is 38.8 Å². The average Bonchev–Trinajstić information content (AvgIpc) is 2.88. The first-order chi connectivity index (χ1) is 11.9. The number of H-pyrrole nitrogens is 1. The number of aromatic nitrogens is 2. The van der Waals surface area contributed by atoms with Crippen molar-refractivity contribution >= 4 is 17.8 Å². The van der Waals surface area contributed by atoms with Crippen molar-refractivity contribution in [1.82, 2.24) is 14.5 Å². The van der Waals surface area contributed by atoms with Crippen molar-refractivity contribution in [1.29, 1.82) is 0 Å². The second kappa shape index (κ2) is 8.18. The molecule has 0 bridgehead atoms. The number of imide groups is 1. The molecule has 1 aliphatic heterocycles. The van der Waals surface area contributed by atoms with E-state index in [1.807, 2.05) is 0 Å². The molecule has 134 valence electrons. The molecule has 0 atom stereocenters. The van der Waals surface area contributed by atoms with Crippen molar-refractivity contribution in [2.45, 2.75) is 32.4 Å². The average molecular weight is 353 g/mol. The van der Waals surface area contributed by atoms with Crippen molar-refractivity contribution in [3.63, 3.8) is 0 Å². The Balaban J connectivity index is 1.65. The van der Waals surface area contributed by atoms with Crippen LogP contribution in [0.15, 0.2) is 27.9 Å². The summed E-state index contributed by atoms with van der Waals surface area (Å²) in [6, 6.07) is 0. The van der Waals surface area contributed by atoms with E-state index in [2.05, 4.69) is 0 Å². The molecule has 1 aliphatic rings. The Hall–Kier alpha value is -3.04. The van der Waals surface area contributed by atoms with Crippen molar-refractivity contribution in [2.24, 2.45) is 0 Å². The fourth-order valence-electron chi connectivity index (χ4n) is 2.16. The summed E-state index contributed by atoms with van der Waals surface area (Å²) in [6.45, 7) is -0.223. The monoisotopic (exact) mass is 353 g/mol. The van der Waals surface area contributed by atoms with E-state index in [9.17, 15) is 28.4 Å². The predicted molar refractivity (Wildman–Crippen MR) is 81.7 cm³/mol. The Morgan fingerprint density at radius 3 is 2.44 bits per heavy atom. The fraction of sp³-hybridized carbons (Fsp3) is 0.400. The van der Waals surface area contributed by atoms with E-state index < -0.39 is 29.8 Å². The standard InChI is InChI=1S/C15H16FN3O6/c16-10-8-18(15(24)17-14(10)23)9-25-13(22)4-2-1-3-7-19-11(20)5-6-12(19)21/h5-6,8H,1-4,7,9H2,(H,17,23,24). The summed E-state index contributed by atoms with van der Waals surface area (Å²) in [5, 5.41) is 0. The Morgan fingerprint density at radius 2 is 1.76 bits per heavy atom. The van der Waals surface area contributed by atoms with E-state index in [0.29, 0.717) is 25.5 Å². The van der Waals surface area contributed by atoms with Gasteiger partial charge in [-0.2, -0.15) is 4.39 Å². The minimum Gasteiger partial charge on any atom is -0.444 e. The predicted octanol–water partition coefficient (Wildman–Crippen LogP) is -0.338. The van der Waals surface area contributed by atoms with Crippen LogP contribution in [0.25, 0.3) is 0 Å². The highest BCUT2D eigenvalue weighted by Crippen LogP contribution is 2.08. The van der Waals surface area contributed by atoms with E-state index in [1.165, 1.54) is 12.2 Å². The van der Waals surface area contributed by atoms with E-state index in [1.54, 1.807) is 4.98 Å². The lowest BCUT2D eigenvalue weighted by molar-refractivity contribution is -0.148. The van der Waals surface area contributed by atoms with Crippen LogP contribution in [0.1, 0.15) is 25.7 Å². The van der Waals surface area contributed by atoms with Crippen LogP contribution in [-0.2, 0) is 25.9 Å². The first-order valence-corrected chi connectivity index (χ1v) is 7.57. The highest BCUT2D eigenvalue weighted by molar-refractivity contribution is 6.12. The molecule has 1 aromatic rings. The zero-order valence-corrected chi connectivity index (χ0v) is 13.2. The van der Waals surface area contributed by atoms with Gasteiger partial charge in [0.05, 0.1) is 6.20 Å². The van der Waals surface area contributed by atoms with Crippen LogP contribution in [0.2, 0.25) is 0 Å². The number of hydrogen-bond acceptors (Lipinski definition) is 6. The number of aromatic amines is 1. The van der Waals surface area contributed by atoms with Crippen molar-refractivity contribution in [3.05, 3.63) is 45.0 Å². The molecule has 2 heterocycles. The van der Waals surface area contributed by atoms with Crippen LogP contribution >= 0.6 is 0 Å². The highest BCUT2D eigenvalue weighted by Gasteiger charge is 2.22. The largest absolute Gasteiger partial charge is 0.444 e. The molecule has 0 spiro atoms. The molecule has 0 aromatic carbocycles. The number of carbonyl (C=O) groups is 3. The summed E-state index contributed by atoms with van der Waals surface area (Å²) in [7, 11) is 0. The van der Waals surface area contributed by atoms with Gasteiger partial charge in [-0.05, 0) is 12.8 Å². The summed E-state index contributed by atoms with van der Waals surface area (Å²) in [4.78, 5) is 59.3. The van der Waals surface area contributed by atoms with Gasteiger partial charge in [0.25, 0.3) is 17.4 Å². The van der Waals surface area contributed by atoms with Crippen LogP contribution in [0.3, 0.4) is 0 Å². The lowest BCUT2D eigenvalue weighted by Gasteiger charge is -2.13. The molecular weight excluding hydrogens is 337 g/mol. The number of carbonyl (C=O) groups excluding carboxylic acids is 3. The first kappa shape index (κ1) is 18.3. The molecule has 1 aromatic heterocycles. The second-order valence-electron chi connectivity index (χ2n) is 5.32. The molecule has 1 N–H and O–H groups in total. The number of halogens is 1. The molecule has 25 heavy (non-hydrogen) atoms. The quantitative estimate of drug-likeness (QED) is 0.388. The number of esters is 1. The molecule has 0 radical (unpaired) electrons. The van der Waals surface area contributed by atoms with Gasteiger partial charge >= 0.3 is 11.7 Å². The fourth-order valence-corrected chi connectivity index (χ4v) is 2.16. The highest BCUT2D eigenvalue weighted by atomic mass is 19.1. The lowest BCUT2D eigenvalue weighted by atomic mass is 10.2. The van der Waals surface area contributed by atoms with Gasteiger partial charge in [0, 0.05) is 25.1 Å². The van der Waals surface area contributed by atoms with Gasteiger partial charge in [0.15, 0.2) is 6.73 Å². The number of amides is 2. The molecule has 10 heteroatoms. The molecule has 2 amide bonds. The topological polar surface area (TPSA) is 119 Å². The zero-order valence-electron chi connectivity index (χ0n) is 13.2. The molecular formula is C15H16FN3O6. The second-order valence-corrected chi connectivity index (χ2v) is 5.32. The van der Waals surface area contributed by atoms with Crippen LogP contribution in [0.4, 0.5) is 4.39 Å². The maximum Gasteiger partial charge on any atom is 0.331 e. The van der Waals surface area contributed by atoms with Gasteiger partial charge < -0.3 is 4.74 Å². The van der Waals surface area contributed by atoms with Crippen LogP contribution in [0.5, 0.6) is 0 Å². The first-order valence-electron chi connectivity index (χ1n) is 7.57. The molecule has 0 aliphatic carbocycles. The molecule has 0 unspecified atom stereocenters. The number of ether oxygens (including phenoxy) is 1. The van der Waals surface area contributed by atoms with Gasteiger partial charge in [0.2, 0.25) is 5.82 Å². The number of nitrogens with one attached hydrogen (secondary N) is 1. The Kier molecular flexibility index (Phi) is 5.98. The summed E-state index contributed by atoms with van der Waals surface area (Å²) < 4.78 is 18.6. The minimum absolute atomic E-state index is 0.0702. The third-order valence-corrected chi connectivity index (χ3v) is 3.50. The van der Waals surface area contributed by atoms with E-state index in [4.69, 9.17) is 4.74 Å². The lowest BCUT2D eigenvalue weighted by Crippen LogP contribution is -2.32. The van der Waals surface area contributed by atoms with Gasteiger partial charge in [-0.15, -0.1) is 0 Å².